The minimum Gasteiger partial charge on any atom is -0.468 e. The summed E-state index contributed by atoms with van der Waals surface area (Å²) in [4.78, 5) is 11.7. The molecule has 1 aliphatic carbocycles. The molecule has 4 heteroatoms. The summed E-state index contributed by atoms with van der Waals surface area (Å²) < 4.78 is 10.8. The monoisotopic (exact) mass is 285 g/mol. The van der Waals surface area contributed by atoms with Crippen LogP contribution in [-0.2, 0) is 14.3 Å². The van der Waals surface area contributed by atoms with Gasteiger partial charge in [0.2, 0.25) is 0 Å². The highest BCUT2D eigenvalue weighted by Crippen LogP contribution is 2.26. The Morgan fingerprint density at radius 1 is 1.30 bits per heavy atom. The van der Waals surface area contributed by atoms with Crippen molar-refractivity contribution in [3.8, 4) is 0 Å². The van der Waals surface area contributed by atoms with Gasteiger partial charge in [0.25, 0.3) is 0 Å². The molecular formula is C16H31NO3. The zero-order valence-electron chi connectivity index (χ0n) is 13.5. The van der Waals surface area contributed by atoms with E-state index in [0.29, 0.717) is 12.0 Å². The fourth-order valence-electron chi connectivity index (χ4n) is 2.90. The summed E-state index contributed by atoms with van der Waals surface area (Å²) in [6.45, 7) is 4.98. The van der Waals surface area contributed by atoms with E-state index in [-0.39, 0.29) is 5.97 Å². The molecule has 0 amide bonds. The largest absolute Gasteiger partial charge is 0.468 e. The van der Waals surface area contributed by atoms with Crippen LogP contribution in [0.2, 0.25) is 0 Å². The predicted molar refractivity (Wildman–Crippen MR) is 80.7 cm³/mol. The first kappa shape index (κ1) is 17.4. The molecule has 0 aromatic rings. The Balaban J connectivity index is 2.19. The van der Waals surface area contributed by atoms with Gasteiger partial charge in [-0.25, -0.2) is 0 Å². The molecule has 0 aliphatic heterocycles. The number of hydrogen-bond donors (Lipinski definition) is 1. The normalized spacial score (nSPS) is 26.0. The van der Waals surface area contributed by atoms with E-state index >= 15 is 0 Å². The van der Waals surface area contributed by atoms with Crippen molar-refractivity contribution in [1.82, 2.24) is 5.32 Å². The molecule has 0 aromatic heterocycles. The van der Waals surface area contributed by atoms with E-state index in [4.69, 9.17) is 9.47 Å². The molecular weight excluding hydrogens is 254 g/mol. The summed E-state index contributed by atoms with van der Waals surface area (Å²) in [5.74, 6) is 0.503. The maximum absolute atomic E-state index is 11.7. The molecule has 0 bridgehead atoms. The molecule has 1 N–H and O–H groups in total. The molecule has 20 heavy (non-hydrogen) atoms. The Labute approximate surface area is 123 Å². The first-order valence-corrected chi connectivity index (χ1v) is 7.92. The van der Waals surface area contributed by atoms with Crippen LogP contribution in [0.3, 0.4) is 0 Å². The van der Waals surface area contributed by atoms with E-state index in [9.17, 15) is 4.79 Å². The summed E-state index contributed by atoms with van der Waals surface area (Å²) in [5, 5.41) is 3.06. The van der Waals surface area contributed by atoms with E-state index in [0.717, 1.165) is 25.9 Å². The van der Waals surface area contributed by atoms with E-state index in [1.165, 1.54) is 32.8 Å². The molecule has 4 nitrogen and oxygen atoms in total. The maximum Gasteiger partial charge on any atom is 0.325 e. The number of hydrogen-bond acceptors (Lipinski definition) is 4. The minimum absolute atomic E-state index is 0.193. The lowest BCUT2D eigenvalue weighted by atomic mass is 9.88. The van der Waals surface area contributed by atoms with Gasteiger partial charge in [-0.15, -0.1) is 0 Å². The SMILES string of the molecule is CNC(C)(CCCCOC1CCCCC1C)C(=O)OC. The second-order valence-electron chi connectivity index (χ2n) is 6.20. The van der Waals surface area contributed by atoms with Crippen LogP contribution in [-0.4, -0.2) is 38.4 Å². The quantitative estimate of drug-likeness (QED) is 0.550. The highest BCUT2D eigenvalue weighted by Gasteiger charge is 2.31. The molecule has 0 saturated heterocycles. The van der Waals surface area contributed by atoms with Crippen LogP contribution in [0.15, 0.2) is 0 Å². The van der Waals surface area contributed by atoms with Gasteiger partial charge in [0.1, 0.15) is 5.54 Å². The van der Waals surface area contributed by atoms with E-state index in [2.05, 4.69) is 12.2 Å². The third kappa shape index (κ3) is 5.06. The van der Waals surface area contributed by atoms with Crippen LogP contribution in [0.25, 0.3) is 0 Å². The second kappa shape index (κ2) is 8.63. The Morgan fingerprint density at radius 2 is 2.00 bits per heavy atom. The summed E-state index contributed by atoms with van der Waals surface area (Å²) >= 11 is 0. The Bertz CT molecular complexity index is 295. The van der Waals surface area contributed by atoms with E-state index in [1.807, 2.05) is 6.92 Å². The molecule has 0 radical (unpaired) electrons. The number of unbranched alkanes of at least 4 members (excludes halogenated alkanes) is 1. The average Bonchev–Trinajstić information content (AvgIpc) is 2.47. The molecule has 0 aromatic carbocycles. The lowest BCUT2D eigenvalue weighted by Gasteiger charge is -2.29. The van der Waals surface area contributed by atoms with Crippen molar-refractivity contribution in [3.05, 3.63) is 0 Å². The molecule has 3 atom stereocenters. The lowest BCUT2D eigenvalue weighted by molar-refractivity contribution is -0.148. The maximum atomic E-state index is 11.7. The summed E-state index contributed by atoms with van der Waals surface area (Å²) in [6, 6.07) is 0. The van der Waals surface area contributed by atoms with Crippen LogP contribution in [0, 0.1) is 5.92 Å². The first-order chi connectivity index (χ1) is 9.53. The molecule has 118 valence electrons. The fraction of sp³-hybridized carbons (Fsp3) is 0.938. The zero-order valence-corrected chi connectivity index (χ0v) is 13.5. The number of methoxy groups -OCH3 is 1. The van der Waals surface area contributed by atoms with Crippen molar-refractivity contribution in [2.24, 2.45) is 5.92 Å². The number of rotatable bonds is 8. The van der Waals surface area contributed by atoms with Crippen molar-refractivity contribution in [2.75, 3.05) is 20.8 Å². The highest BCUT2D eigenvalue weighted by atomic mass is 16.5. The Kier molecular flexibility index (Phi) is 7.52. The number of esters is 1. The van der Waals surface area contributed by atoms with Gasteiger partial charge in [-0.1, -0.05) is 19.8 Å². The van der Waals surface area contributed by atoms with Crippen molar-refractivity contribution >= 4 is 5.97 Å². The van der Waals surface area contributed by atoms with Gasteiger partial charge in [0, 0.05) is 6.61 Å². The topological polar surface area (TPSA) is 47.6 Å². The minimum atomic E-state index is -0.577. The van der Waals surface area contributed by atoms with Crippen LogP contribution in [0.5, 0.6) is 0 Å². The van der Waals surface area contributed by atoms with Gasteiger partial charge in [-0.2, -0.15) is 0 Å². The van der Waals surface area contributed by atoms with Crippen LogP contribution >= 0.6 is 0 Å². The van der Waals surface area contributed by atoms with Crippen molar-refractivity contribution < 1.29 is 14.3 Å². The van der Waals surface area contributed by atoms with Crippen molar-refractivity contribution in [1.29, 1.82) is 0 Å². The summed E-state index contributed by atoms with van der Waals surface area (Å²) in [5.41, 5.74) is -0.577. The van der Waals surface area contributed by atoms with E-state index < -0.39 is 5.54 Å². The van der Waals surface area contributed by atoms with Crippen molar-refractivity contribution in [2.45, 2.75) is 70.4 Å². The molecule has 3 unspecified atom stereocenters. The fourth-order valence-corrected chi connectivity index (χ4v) is 2.90. The molecule has 1 saturated carbocycles. The molecule has 1 rings (SSSR count). The Hall–Kier alpha value is -0.610. The highest BCUT2D eigenvalue weighted by molar-refractivity contribution is 5.80. The van der Waals surface area contributed by atoms with Gasteiger partial charge in [-0.05, 0) is 52.0 Å². The van der Waals surface area contributed by atoms with E-state index in [1.54, 1.807) is 7.05 Å². The van der Waals surface area contributed by atoms with Gasteiger partial charge in [-0.3, -0.25) is 4.79 Å². The molecule has 0 spiro atoms. The van der Waals surface area contributed by atoms with Crippen LogP contribution in [0.1, 0.15) is 58.8 Å². The van der Waals surface area contributed by atoms with Gasteiger partial charge in [0.05, 0.1) is 13.2 Å². The third-order valence-electron chi connectivity index (χ3n) is 4.62. The number of nitrogens with one attached hydrogen (secondary N) is 1. The Morgan fingerprint density at radius 3 is 2.60 bits per heavy atom. The standard InChI is InChI=1S/C16H31NO3/c1-13-9-5-6-10-14(13)20-12-8-7-11-16(2,17-3)15(18)19-4/h13-14,17H,5-12H2,1-4H3. The van der Waals surface area contributed by atoms with Gasteiger partial charge >= 0.3 is 5.97 Å². The third-order valence-corrected chi connectivity index (χ3v) is 4.62. The molecule has 1 aliphatic rings. The number of carbonyl (C=O) groups is 1. The summed E-state index contributed by atoms with van der Waals surface area (Å²) in [7, 11) is 3.24. The zero-order chi connectivity index (χ0) is 15.0. The lowest BCUT2D eigenvalue weighted by Crippen LogP contribution is -2.48. The molecule has 1 fully saturated rings. The van der Waals surface area contributed by atoms with Crippen LogP contribution < -0.4 is 5.32 Å². The van der Waals surface area contributed by atoms with Gasteiger partial charge < -0.3 is 14.8 Å². The number of likely N-dealkylation sites (N-methyl/N-ethyl adjacent to an activating group) is 1. The first-order valence-electron chi connectivity index (χ1n) is 7.92. The smallest absolute Gasteiger partial charge is 0.325 e. The van der Waals surface area contributed by atoms with Crippen molar-refractivity contribution in [3.63, 3.8) is 0 Å². The molecule has 0 heterocycles. The second-order valence-corrected chi connectivity index (χ2v) is 6.20. The number of ether oxygens (including phenoxy) is 2. The average molecular weight is 285 g/mol. The number of carbonyl (C=O) groups excluding carboxylic acids is 1. The van der Waals surface area contributed by atoms with Gasteiger partial charge in [0.15, 0.2) is 0 Å². The summed E-state index contributed by atoms with van der Waals surface area (Å²) in [6.07, 6.45) is 8.34. The predicted octanol–water partition coefficient (Wildman–Crippen LogP) is 2.90. The van der Waals surface area contributed by atoms with Crippen LogP contribution in [0.4, 0.5) is 0 Å².